The SMILES string of the molecule is Cc1c2n(ccc1=O)N(C1c3cc(F)ccc3CSc3ccccc31)CN(C(C)C(F)(F)F)C2=O. The van der Waals surface area contributed by atoms with E-state index in [2.05, 4.69) is 0 Å². The first-order chi connectivity index (χ1) is 16.6. The summed E-state index contributed by atoms with van der Waals surface area (Å²) in [5.41, 5.74) is 1.68. The average molecular weight is 504 g/mol. The van der Waals surface area contributed by atoms with Gasteiger partial charge in [0.2, 0.25) is 0 Å². The lowest BCUT2D eigenvalue weighted by atomic mass is 9.94. The van der Waals surface area contributed by atoms with Crippen molar-refractivity contribution < 1.29 is 22.4 Å². The quantitative estimate of drug-likeness (QED) is 0.462. The summed E-state index contributed by atoms with van der Waals surface area (Å²) in [4.78, 5) is 27.3. The van der Waals surface area contributed by atoms with Gasteiger partial charge in [-0.15, -0.1) is 11.8 Å². The second-order valence-corrected chi connectivity index (χ2v) is 9.66. The summed E-state index contributed by atoms with van der Waals surface area (Å²) in [6.45, 7) is 1.94. The third kappa shape index (κ3) is 3.89. The molecule has 2 aliphatic heterocycles. The Bertz CT molecular complexity index is 1390. The van der Waals surface area contributed by atoms with E-state index in [0.29, 0.717) is 11.3 Å². The van der Waals surface area contributed by atoms with Crippen molar-refractivity contribution >= 4 is 17.7 Å². The number of thioether (sulfide) groups is 1. The van der Waals surface area contributed by atoms with E-state index in [4.69, 9.17) is 0 Å². The molecule has 0 aliphatic carbocycles. The fourth-order valence-electron chi connectivity index (χ4n) is 4.64. The monoisotopic (exact) mass is 503 g/mol. The second-order valence-electron chi connectivity index (χ2n) is 8.64. The molecule has 5 rings (SSSR count). The zero-order chi connectivity index (χ0) is 25.1. The lowest BCUT2D eigenvalue weighted by molar-refractivity contribution is -0.173. The molecule has 0 spiro atoms. The number of hydrogen-bond donors (Lipinski definition) is 0. The van der Waals surface area contributed by atoms with Crippen molar-refractivity contribution in [3.63, 3.8) is 0 Å². The summed E-state index contributed by atoms with van der Waals surface area (Å²) >= 11 is 1.56. The van der Waals surface area contributed by atoms with Crippen molar-refractivity contribution in [3.8, 4) is 0 Å². The van der Waals surface area contributed by atoms with Crippen LogP contribution in [0, 0.1) is 12.7 Å². The smallest absolute Gasteiger partial charge is 0.306 e. The van der Waals surface area contributed by atoms with E-state index < -0.39 is 42.1 Å². The molecule has 5 nitrogen and oxygen atoms in total. The molecule has 2 aliphatic rings. The number of halogens is 4. The van der Waals surface area contributed by atoms with Gasteiger partial charge in [-0.1, -0.05) is 24.3 Å². The number of benzene rings is 2. The van der Waals surface area contributed by atoms with Gasteiger partial charge in [-0.3, -0.25) is 19.3 Å². The van der Waals surface area contributed by atoms with Crippen LogP contribution < -0.4 is 10.4 Å². The molecular formula is C25H21F4N3O2S. The van der Waals surface area contributed by atoms with Gasteiger partial charge in [-0.25, -0.2) is 4.39 Å². The molecule has 10 heteroatoms. The maximum Gasteiger partial charge on any atom is 0.408 e. The van der Waals surface area contributed by atoms with Crippen LogP contribution in [-0.2, 0) is 5.75 Å². The number of alkyl halides is 3. The largest absolute Gasteiger partial charge is 0.408 e. The number of rotatable bonds is 2. The molecule has 2 atom stereocenters. The molecule has 0 saturated carbocycles. The molecule has 3 aromatic rings. The molecule has 182 valence electrons. The van der Waals surface area contributed by atoms with Gasteiger partial charge in [0.1, 0.15) is 24.2 Å². The van der Waals surface area contributed by atoms with Gasteiger partial charge in [0.05, 0.1) is 6.04 Å². The highest BCUT2D eigenvalue weighted by molar-refractivity contribution is 7.98. The standard InChI is InChI=1S/C25H21F4N3O2S/c1-14-20(33)9-10-31-22(14)24(34)30(15(2)25(27,28)29)13-32(31)23-18-5-3-4-6-21(18)35-12-16-7-8-17(26)11-19(16)23/h3-11,15,23H,12-13H2,1-2H3. The summed E-state index contributed by atoms with van der Waals surface area (Å²) in [6.07, 6.45) is -3.27. The molecule has 0 fully saturated rings. The number of hydrogen-bond acceptors (Lipinski definition) is 4. The van der Waals surface area contributed by atoms with Crippen LogP contribution in [0.3, 0.4) is 0 Å². The van der Waals surface area contributed by atoms with Gasteiger partial charge in [0.15, 0.2) is 5.43 Å². The predicted octanol–water partition coefficient (Wildman–Crippen LogP) is 4.99. The number of carbonyl (C=O) groups is 1. The summed E-state index contributed by atoms with van der Waals surface area (Å²) in [5.74, 6) is -0.797. The van der Waals surface area contributed by atoms with E-state index in [1.165, 1.54) is 36.0 Å². The normalized spacial score (nSPS) is 18.5. The maximum atomic E-state index is 14.5. The van der Waals surface area contributed by atoms with E-state index in [1.807, 2.05) is 24.3 Å². The molecule has 35 heavy (non-hydrogen) atoms. The van der Waals surface area contributed by atoms with Crippen LogP contribution in [0.1, 0.15) is 45.7 Å². The molecule has 3 heterocycles. The molecule has 2 unspecified atom stereocenters. The first-order valence-electron chi connectivity index (χ1n) is 10.9. The van der Waals surface area contributed by atoms with Crippen molar-refractivity contribution in [2.24, 2.45) is 0 Å². The lowest BCUT2D eigenvalue weighted by Crippen LogP contribution is -2.60. The van der Waals surface area contributed by atoms with Gasteiger partial charge >= 0.3 is 6.18 Å². The highest BCUT2D eigenvalue weighted by Gasteiger charge is 2.47. The zero-order valence-corrected chi connectivity index (χ0v) is 19.7. The molecule has 0 N–H and O–H groups in total. The highest BCUT2D eigenvalue weighted by Crippen LogP contribution is 2.43. The number of carbonyl (C=O) groups excluding carboxylic acids is 1. The van der Waals surface area contributed by atoms with Crippen LogP contribution >= 0.6 is 11.8 Å². The molecule has 1 amide bonds. The van der Waals surface area contributed by atoms with Crippen molar-refractivity contribution in [2.45, 2.75) is 42.8 Å². The van der Waals surface area contributed by atoms with Crippen molar-refractivity contribution in [2.75, 3.05) is 11.7 Å². The Morgan fingerprint density at radius 2 is 1.80 bits per heavy atom. The van der Waals surface area contributed by atoms with Crippen LogP contribution in [0.2, 0.25) is 0 Å². The van der Waals surface area contributed by atoms with E-state index in [9.17, 15) is 27.2 Å². The van der Waals surface area contributed by atoms with Gasteiger partial charge < -0.3 is 4.90 Å². The van der Waals surface area contributed by atoms with Crippen molar-refractivity contribution in [1.29, 1.82) is 0 Å². The summed E-state index contributed by atoms with van der Waals surface area (Å²) < 4.78 is 57.3. The highest BCUT2D eigenvalue weighted by atomic mass is 32.2. The second kappa shape index (κ2) is 8.44. The molecular weight excluding hydrogens is 482 g/mol. The Labute approximate surface area is 202 Å². The fraction of sp³-hybridized carbons (Fsp3) is 0.280. The van der Waals surface area contributed by atoms with Gasteiger partial charge in [0, 0.05) is 28.5 Å². The number of pyridine rings is 1. The maximum absolute atomic E-state index is 14.5. The number of aromatic nitrogens is 1. The summed E-state index contributed by atoms with van der Waals surface area (Å²) in [7, 11) is 0. The average Bonchev–Trinajstić information content (AvgIpc) is 2.97. The number of fused-ring (bicyclic) bond motifs is 3. The Morgan fingerprint density at radius 3 is 2.54 bits per heavy atom. The minimum absolute atomic E-state index is 0.0531. The van der Waals surface area contributed by atoms with Crippen LogP contribution in [-0.4, -0.2) is 34.4 Å². The molecule has 2 aromatic carbocycles. The number of amides is 1. The predicted molar refractivity (Wildman–Crippen MR) is 124 cm³/mol. The third-order valence-corrected chi connectivity index (χ3v) is 7.74. The summed E-state index contributed by atoms with van der Waals surface area (Å²) in [6, 6.07) is 10.4. The van der Waals surface area contributed by atoms with E-state index in [1.54, 1.807) is 22.8 Å². The first kappa shape index (κ1) is 23.5. The lowest BCUT2D eigenvalue weighted by Gasteiger charge is -2.46. The molecule has 0 radical (unpaired) electrons. The van der Waals surface area contributed by atoms with Crippen LogP contribution in [0.5, 0.6) is 0 Å². The zero-order valence-electron chi connectivity index (χ0n) is 18.8. The van der Waals surface area contributed by atoms with Gasteiger partial charge in [-0.2, -0.15) is 13.2 Å². The topological polar surface area (TPSA) is 45.6 Å². The fourth-order valence-corrected chi connectivity index (χ4v) is 5.73. The third-order valence-electron chi connectivity index (χ3n) is 6.60. The molecule has 0 bridgehead atoms. The van der Waals surface area contributed by atoms with Crippen molar-refractivity contribution in [1.82, 2.24) is 9.58 Å². The van der Waals surface area contributed by atoms with Crippen molar-refractivity contribution in [3.05, 3.63) is 98.7 Å². The molecule has 0 saturated heterocycles. The minimum atomic E-state index is -4.67. The Kier molecular flexibility index (Phi) is 5.66. The Morgan fingerprint density at radius 1 is 1.06 bits per heavy atom. The Balaban J connectivity index is 1.79. The van der Waals surface area contributed by atoms with Gasteiger partial charge in [-0.05, 0) is 48.7 Å². The van der Waals surface area contributed by atoms with Crippen LogP contribution in [0.4, 0.5) is 17.6 Å². The molecule has 1 aromatic heterocycles. The summed E-state index contributed by atoms with van der Waals surface area (Å²) in [5, 5.41) is 1.61. The van der Waals surface area contributed by atoms with E-state index in [-0.39, 0.29) is 11.3 Å². The van der Waals surface area contributed by atoms with E-state index >= 15 is 0 Å². The minimum Gasteiger partial charge on any atom is -0.306 e. The van der Waals surface area contributed by atoms with Crippen LogP contribution in [0.15, 0.2) is 64.4 Å². The van der Waals surface area contributed by atoms with Gasteiger partial charge in [0.25, 0.3) is 5.91 Å². The first-order valence-corrected chi connectivity index (χ1v) is 11.9. The van der Waals surface area contributed by atoms with E-state index in [0.717, 1.165) is 27.8 Å². The van der Waals surface area contributed by atoms with Crippen LogP contribution in [0.25, 0.3) is 0 Å². The number of nitrogens with zero attached hydrogens (tertiary/aromatic N) is 3. The Hall–Kier alpha value is -3.27.